The summed E-state index contributed by atoms with van der Waals surface area (Å²) in [7, 11) is 1.50. The fourth-order valence-corrected chi connectivity index (χ4v) is 4.82. The standard InChI is InChI=1S/C25H22ClN3O4/c1-14-4-9-18-17(12-14)20-21(19(27-18)13-33-2)23(31)29(22(20)30)28-24(32)25(10-3-11-25)15-5-7-16(26)8-6-15/h4-9,12H,3,10-11,13H2,1-2H3,(H,28,32). The highest BCUT2D eigenvalue weighted by atomic mass is 35.5. The molecule has 2 aromatic carbocycles. The van der Waals surface area contributed by atoms with Crippen molar-refractivity contribution in [1.82, 2.24) is 15.4 Å². The zero-order chi connectivity index (χ0) is 23.3. The second kappa shape index (κ2) is 7.93. The van der Waals surface area contributed by atoms with Crippen LogP contribution in [0.25, 0.3) is 10.9 Å². The number of pyridine rings is 1. The lowest BCUT2D eigenvalue weighted by Gasteiger charge is -2.41. The molecule has 3 amide bonds. The number of nitrogens with zero attached hydrogens (tertiary/aromatic N) is 2. The van der Waals surface area contributed by atoms with Crippen molar-refractivity contribution in [1.29, 1.82) is 0 Å². The van der Waals surface area contributed by atoms with Gasteiger partial charge in [0, 0.05) is 17.5 Å². The molecule has 0 bridgehead atoms. The molecule has 0 unspecified atom stereocenters. The first-order valence-electron chi connectivity index (χ1n) is 10.7. The van der Waals surface area contributed by atoms with E-state index in [4.69, 9.17) is 16.3 Å². The van der Waals surface area contributed by atoms with E-state index in [1.54, 1.807) is 12.1 Å². The highest BCUT2D eigenvalue weighted by Crippen LogP contribution is 2.44. The van der Waals surface area contributed by atoms with Crippen LogP contribution in [0.2, 0.25) is 5.02 Å². The third kappa shape index (κ3) is 3.31. The predicted octanol–water partition coefficient (Wildman–Crippen LogP) is 4.09. The van der Waals surface area contributed by atoms with Crippen molar-refractivity contribution in [3.8, 4) is 0 Å². The Hall–Kier alpha value is -3.29. The van der Waals surface area contributed by atoms with Crippen LogP contribution in [-0.4, -0.2) is 34.8 Å². The van der Waals surface area contributed by atoms with Gasteiger partial charge in [-0.25, -0.2) is 4.98 Å². The number of nitrogens with one attached hydrogen (secondary N) is 1. The molecular formula is C25H22ClN3O4. The Labute approximate surface area is 195 Å². The highest BCUT2D eigenvalue weighted by molar-refractivity contribution is 6.30. The van der Waals surface area contributed by atoms with Gasteiger partial charge >= 0.3 is 0 Å². The average Bonchev–Trinajstić information content (AvgIpc) is 3.00. The second-order valence-electron chi connectivity index (χ2n) is 8.59. The number of benzene rings is 2. The summed E-state index contributed by atoms with van der Waals surface area (Å²) >= 11 is 6.01. The van der Waals surface area contributed by atoms with E-state index in [1.165, 1.54) is 7.11 Å². The third-order valence-electron chi connectivity index (χ3n) is 6.58. The van der Waals surface area contributed by atoms with E-state index in [2.05, 4.69) is 10.4 Å². The summed E-state index contributed by atoms with van der Waals surface area (Å²) in [6.45, 7) is 1.98. The number of amides is 3. The molecule has 8 heteroatoms. The number of hydrogen-bond donors (Lipinski definition) is 1. The topological polar surface area (TPSA) is 88.6 Å². The minimum Gasteiger partial charge on any atom is -0.378 e. The Morgan fingerprint density at radius 1 is 1.12 bits per heavy atom. The van der Waals surface area contributed by atoms with Crippen molar-refractivity contribution in [2.45, 2.75) is 38.2 Å². The van der Waals surface area contributed by atoms with Crippen LogP contribution in [0.1, 0.15) is 56.8 Å². The number of fused-ring (bicyclic) bond motifs is 3. The largest absolute Gasteiger partial charge is 0.378 e. The van der Waals surface area contributed by atoms with Crippen LogP contribution in [-0.2, 0) is 21.6 Å². The number of aryl methyl sites for hydroxylation is 1. The van der Waals surface area contributed by atoms with E-state index in [-0.39, 0.29) is 23.6 Å². The summed E-state index contributed by atoms with van der Waals surface area (Å²) in [6, 6.07) is 12.7. The zero-order valence-corrected chi connectivity index (χ0v) is 19.0. The Kier molecular flexibility index (Phi) is 5.18. The van der Waals surface area contributed by atoms with Crippen molar-refractivity contribution >= 4 is 40.2 Å². The summed E-state index contributed by atoms with van der Waals surface area (Å²) in [5.74, 6) is -1.55. The molecule has 0 spiro atoms. The molecule has 1 fully saturated rings. The molecule has 3 aromatic rings. The number of hydrogen-bond acceptors (Lipinski definition) is 5. The van der Waals surface area contributed by atoms with E-state index in [0.717, 1.165) is 22.6 Å². The monoisotopic (exact) mass is 463 g/mol. The molecular weight excluding hydrogens is 442 g/mol. The smallest absolute Gasteiger partial charge is 0.282 e. The van der Waals surface area contributed by atoms with Crippen molar-refractivity contribution in [3.63, 3.8) is 0 Å². The van der Waals surface area contributed by atoms with E-state index >= 15 is 0 Å². The normalized spacial score (nSPS) is 16.6. The Balaban J connectivity index is 1.54. The van der Waals surface area contributed by atoms with Crippen molar-refractivity contribution in [2.75, 3.05) is 7.11 Å². The van der Waals surface area contributed by atoms with E-state index in [0.29, 0.717) is 34.5 Å². The maximum Gasteiger partial charge on any atom is 0.282 e. The second-order valence-corrected chi connectivity index (χ2v) is 9.03. The molecule has 33 heavy (non-hydrogen) atoms. The van der Waals surface area contributed by atoms with Gasteiger partial charge in [0.25, 0.3) is 11.8 Å². The minimum absolute atomic E-state index is 0.0711. The van der Waals surface area contributed by atoms with Crippen molar-refractivity contribution in [2.24, 2.45) is 0 Å². The lowest BCUT2D eigenvalue weighted by Crippen LogP contribution is -2.56. The van der Waals surface area contributed by atoms with E-state index < -0.39 is 17.2 Å². The first kappa shape index (κ1) is 21.6. The summed E-state index contributed by atoms with van der Waals surface area (Å²) in [5.41, 5.74) is 4.96. The lowest BCUT2D eigenvalue weighted by molar-refractivity contribution is -0.133. The van der Waals surface area contributed by atoms with Gasteiger partial charge in [-0.15, -0.1) is 0 Å². The summed E-state index contributed by atoms with van der Waals surface area (Å²) in [5, 5.41) is 1.98. The zero-order valence-electron chi connectivity index (χ0n) is 18.3. The predicted molar refractivity (Wildman–Crippen MR) is 123 cm³/mol. The molecule has 0 saturated heterocycles. The maximum absolute atomic E-state index is 13.4. The van der Waals surface area contributed by atoms with E-state index in [9.17, 15) is 14.4 Å². The van der Waals surface area contributed by atoms with Gasteiger partial charge in [-0.1, -0.05) is 41.8 Å². The van der Waals surface area contributed by atoms with Crippen LogP contribution in [0.5, 0.6) is 0 Å². The first-order valence-corrected chi connectivity index (χ1v) is 11.1. The number of methoxy groups -OCH3 is 1. The van der Waals surface area contributed by atoms with Gasteiger partial charge in [0.15, 0.2) is 0 Å². The van der Waals surface area contributed by atoms with Crippen molar-refractivity contribution in [3.05, 3.63) is 75.4 Å². The number of carbonyl (C=O) groups is 3. The quantitative estimate of drug-likeness (QED) is 0.576. The number of halogens is 1. The number of aromatic nitrogens is 1. The van der Waals surface area contributed by atoms with Crippen LogP contribution in [0.3, 0.4) is 0 Å². The molecule has 0 radical (unpaired) electrons. The third-order valence-corrected chi connectivity index (χ3v) is 6.83. The Morgan fingerprint density at radius 3 is 2.45 bits per heavy atom. The van der Waals surface area contributed by atoms with Gasteiger partial charge in [-0.2, -0.15) is 5.01 Å². The first-order chi connectivity index (χ1) is 15.9. The van der Waals surface area contributed by atoms with Gasteiger partial charge in [0.1, 0.15) is 0 Å². The molecule has 1 N–H and O–H groups in total. The summed E-state index contributed by atoms with van der Waals surface area (Å²) in [6.07, 6.45) is 2.13. The van der Waals surface area contributed by atoms with Crippen molar-refractivity contribution < 1.29 is 19.1 Å². The lowest BCUT2D eigenvalue weighted by atomic mass is 9.64. The fourth-order valence-electron chi connectivity index (χ4n) is 4.69. The van der Waals surface area contributed by atoms with Gasteiger partial charge in [-0.05, 0) is 49.6 Å². The SMILES string of the molecule is COCc1nc2ccc(C)cc2c2c1C(=O)N(NC(=O)C1(c3ccc(Cl)cc3)CCC1)C2=O. The van der Waals surface area contributed by atoms with Crippen LogP contribution in [0, 0.1) is 6.92 Å². The molecule has 2 aliphatic rings. The Morgan fingerprint density at radius 2 is 1.82 bits per heavy atom. The van der Waals surface area contributed by atoms with Gasteiger partial charge in [0.2, 0.25) is 5.91 Å². The number of rotatable bonds is 5. The van der Waals surface area contributed by atoms with Gasteiger partial charge in [0.05, 0.1) is 34.4 Å². The van der Waals surface area contributed by atoms with Crippen LogP contribution in [0.15, 0.2) is 42.5 Å². The number of ether oxygens (including phenoxy) is 1. The molecule has 1 aliphatic carbocycles. The summed E-state index contributed by atoms with van der Waals surface area (Å²) < 4.78 is 5.23. The molecule has 1 aromatic heterocycles. The summed E-state index contributed by atoms with van der Waals surface area (Å²) in [4.78, 5) is 44.8. The molecule has 7 nitrogen and oxygen atoms in total. The maximum atomic E-state index is 13.4. The number of imide groups is 1. The highest BCUT2D eigenvalue weighted by Gasteiger charge is 2.49. The molecule has 0 atom stereocenters. The molecule has 5 rings (SSSR count). The molecule has 1 saturated carbocycles. The Bertz CT molecular complexity index is 1320. The van der Waals surface area contributed by atoms with Crippen LogP contribution < -0.4 is 5.43 Å². The number of hydrazine groups is 1. The molecule has 2 heterocycles. The van der Waals surface area contributed by atoms with Gasteiger partial charge in [-0.3, -0.25) is 19.8 Å². The van der Waals surface area contributed by atoms with Gasteiger partial charge < -0.3 is 4.74 Å². The van der Waals surface area contributed by atoms with Crippen LogP contribution in [0.4, 0.5) is 0 Å². The van der Waals surface area contributed by atoms with E-state index in [1.807, 2.05) is 37.3 Å². The number of carbonyl (C=O) groups excluding carboxylic acids is 3. The minimum atomic E-state index is -0.799. The fraction of sp³-hybridized carbons (Fsp3) is 0.280. The molecule has 168 valence electrons. The average molecular weight is 464 g/mol. The molecule has 1 aliphatic heterocycles. The van der Waals surface area contributed by atoms with Crippen LogP contribution >= 0.6 is 11.6 Å².